The first-order chi connectivity index (χ1) is 14.8. The summed E-state index contributed by atoms with van der Waals surface area (Å²) in [6.07, 6.45) is 0.794. The van der Waals surface area contributed by atoms with Gasteiger partial charge in [-0.05, 0) is 51.7 Å². The Morgan fingerprint density at radius 2 is 1.77 bits per heavy atom. The molecule has 0 fully saturated rings. The highest BCUT2D eigenvalue weighted by Gasteiger charge is 2.16. The van der Waals surface area contributed by atoms with Gasteiger partial charge in [-0.1, -0.05) is 18.2 Å². The summed E-state index contributed by atoms with van der Waals surface area (Å²) in [6, 6.07) is 11.5. The Bertz CT molecular complexity index is 886. The monoisotopic (exact) mass is 430 g/mol. The lowest BCUT2D eigenvalue weighted by Gasteiger charge is -2.25. The summed E-state index contributed by atoms with van der Waals surface area (Å²) < 4.78 is 25.1. The second-order valence-corrected chi connectivity index (χ2v) is 7.58. The smallest absolute Gasteiger partial charge is 0.223 e. The standard InChI is InChI=1S/C24H31FN2O4/c1-18(28)19-11-12-22(23(16-19)30-4)31-15-7-10-24(29)27(14-13-26(2)3)17-20-8-5-6-9-21(20)25/h5-6,8-9,11-12,16H,7,10,13-15,17H2,1-4H3. The van der Waals surface area contributed by atoms with Gasteiger partial charge in [-0.3, -0.25) is 9.59 Å². The van der Waals surface area contributed by atoms with Crippen LogP contribution in [0.2, 0.25) is 0 Å². The van der Waals surface area contributed by atoms with Gasteiger partial charge in [-0.25, -0.2) is 4.39 Å². The number of hydrogen-bond acceptors (Lipinski definition) is 5. The Kier molecular flexibility index (Phi) is 9.46. The van der Waals surface area contributed by atoms with Crippen molar-refractivity contribution < 1.29 is 23.5 Å². The molecule has 0 heterocycles. The molecule has 0 spiro atoms. The lowest BCUT2D eigenvalue weighted by molar-refractivity contribution is -0.132. The van der Waals surface area contributed by atoms with Gasteiger partial charge in [-0.2, -0.15) is 0 Å². The molecule has 31 heavy (non-hydrogen) atoms. The molecule has 168 valence electrons. The number of rotatable bonds is 12. The number of methoxy groups -OCH3 is 1. The lowest BCUT2D eigenvalue weighted by atomic mass is 10.1. The quantitative estimate of drug-likeness (QED) is 0.379. The van der Waals surface area contributed by atoms with Crippen LogP contribution in [-0.4, -0.2) is 62.4 Å². The first-order valence-electron chi connectivity index (χ1n) is 10.3. The van der Waals surface area contributed by atoms with Crippen LogP contribution in [0.15, 0.2) is 42.5 Å². The van der Waals surface area contributed by atoms with E-state index >= 15 is 0 Å². The minimum Gasteiger partial charge on any atom is -0.493 e. The zero-order valence-electron chi connectivity index (χ0n) is 18.7. The first kappa shape index (κ1) is 24.3. The number of hydrogen-bond donors (Lipinski definition) is 0. The van der Waals surface area contributed by atoms with Gasteiger partial charge in [0.1, 0.15) is 5.82 Å². The van der Waals surface area contributed by atoms with Gasteiger partial charge in [0.25, 0.3) is 0 Å². The SMILES string of the molecule is COc1cc(C(C)=O)ccc1OCCCC(=O)N(CCN(C)C)Cc1ccccc1F. The molecule has 0 unspecified atom stereocenters. The Labute approximate surface area is 183 Å². The molecule has 2 aromatic rings. The van der Waals surface area contributed by atoms with E-state index < -0.39 is 0 Å². The highest BCUT2D eigenvalue weighted by Crippen LogP contribution is 2.28. The van der Waals surface area contributed by atoms with E-state index in [2.05, 4.69) is 0 Å². The molecule has 0 saturated heterocycles. The van der Waals surface area contributed by atoms with Crippen LogP contribution in [0.1, 0.15) is 35.7 Å². The van der Waals surface area contributed by atoms with E-state index in [-0.39, 0.29) is 30.5 Å². The molecule has 6 nitrogen and oxygen atoms in total. The van der Waals surface area contributed by atoms with Gasteiger partial charge in [-0.15, -0.1) is 0 Å². The van der Waals surface area contributed by atoms with Crippen LogP contribution in [0.4, 0.5) is 4.39 Å². The third kappa shape index (κ3) is 7.68. The van der Waals surface area contributed by atoms with Crippen molar-refractivity contribution >= 4 is 11.7 Å². The molecule has 0 aliphatic heterocycles. The predicted molar refractivity (Wildman–Crippen MR) is 118 cm³/mol. The van der Waals surface area contributed by atoms with Crippen molar-refractivity contribution in [3.05, 3.63) is 59.4 Å². The van der Waals surface area contributed by atoms with Crippen molar-refractivity contribution in [3.63, 3.8) is 0 Å². The van der Waals surface area contributed by atoms with Gasteiger partial charge < -0.3 is 19.3 Å². The van der Waals surface area contributed by atoms with Gasteiger partial charge >= 0.3 is 0 Å². The molecule has 7 heteroatoms. The third-order valence-electron chi connectivity index (χ3n) is 4.85. The molecule has 0 bridgehead atoms. The molecule has 0 saturated carbocycles. The highest BCUT2D eigenvalue weighted by atomic mass is 19.1. The zero-order valence-corrected chi connectivity index (χ0v) is 18.7. The van der Waals surface area contributed by atoms with Gasteiger partial charge in [0.05, 0.1) is 13.7 Å². The molecule has 1 amide bonds. The number of likely N-dealkylation sites (N-methyl/N-ethyl adjacent to an activating group) is 1. The minimum absolute atomic E-state index is 0.0485. The molecule has 0 atom stereocenters. The van der Waals surface area contributed by atoms with E-state index in [1.807, 2.05) is 19.0 Å². The Morgan fingerprint density at radius 3 is 2.42 bits per heavy atom. The normalized spacial score (nSPS) is 10.8. The maximum absolute atomic E-state index is 14.1. The number of carbonyl (C=O) groups is 2. The van der Waals surface area contributed by atoms with Crippen LogP contribution in [0.25, 0.3) is 0 Å². The molecular formula is C24H31FN2O4. The lowest BCUT2D eigenvalue weighted by Crippen LogP contribution is -2.36. The zero-order chi connectivity index (χ0) is 22.8. The number of carbonyl (C=O) groups excluding carboxylic acids is 2. The summed E-state index contributed by atoms with van der Waals surface area (Å²) in [4.78, 5) is 28.0. The first-order valence-corrected chi connectivity index (χ1v) is 10.3. The maximum Gasteiger partial charge on any atom is 0.223 e. The minimum atomic E-state index is -0.311. The van der Waals surface area contributed by atoms with Crippen LogP contribution in [0.5, 0.6) is 11.5 Å². The summed E-state index contributed by atoms with van der Waals surface area (Å²) in [5, 5.41) is 0. The van der Waals surface area contributed by atoms with E-state index in [1.54, 1.807) is 41.3 Å². The molecule has 0 aliphatic carbocycles. The van der Waals surface area contributed by atoms with E-state index in [4.69, 9.17) is 9.47 Å². The van der Waals surface area contributed by atoms with Crippen LogP contribution < -0.4 is 9.47 Å². The fourth-order valence-electron chi connectivity index (χ4n) is 3.01. The van der Waals surface area contributed by atoms with Crippen LogP contribution in [0, 0.1) is 5.82 Å². The third-order valence-corrected chi connectivity index (χ3v) is 4.85. The number of nitrogens with zero attached hydrogens (tertiary/aromatic N) is 2. The van der Waals surface area contributed by atoms with Crippen molar-refractivity contribution in [1.82, 2.24) is 9.80 Å². The number of benzene rings is 2. The van der Waals surface area contributed by atoms with Crippen molar-refractivity contribution in [2.45, 2.75) is 26.3 Å². The number of ether oxygens (including phenoxy) is 2. The van der Waals surface area contributed by atoms with Crippen LogP contribution in [-0.2, 0) is 11.3 Å². The molecule has 0 aliphatic rings. The van der Waals surface area contributed by atoms with Crippen molar-refractivity contribution in [2.24, 2.45) is 0 Å². The highest BCUT2D eigenvalue weighted by molar-refractivity contribution is 5.94. The van der Waals surface area contributed by atoms with E-state index in [1.165, 1.54) is 20.1 Å². The summed E-state index contributed by atoms with van der Waals surface area (Å²) in [5.41, 5.74) is 1.05. The number of ketones is 1. The molecule has 2 aromatic carbocycles. The van der Waals surface area contributed by atoms with Crippen LogP contribution in [0.3, 0.4) is 0 Å². The fraction of sp³-hybridized carbons (Fsp3) is 0.417. The predicted octanol–water partition coefficient (Wildman–Crippen LogP) is 3.79. The Balaban J connectivity index is 1.93. The molecule has 2 rings (SSSR count). The largest absolute Gasteiger partial charge is 0.493 e. The van der Waals surface area contributed by atoms with E-state index in [9.17, 15) is 14.0 Å². The Morgan fingerprint density at radius 1 is 1.03 bits per heavy atom. The summed E-state index contributed by atoms with van der Waals surface area (Å²) >= 11 is 0. The summed E-state index contributed by atoms with van der Waals surface area (Å²) in [6.45, 7) is 3.26. The van der Waals surface area contributed by atoms with Crippen LogP contribution >= 0.6 is 0 Å². The van der Waals surface area contributed by atoms with Gasteiger partial charge in [0.2, 0.25) is 5.91 Å². The molecule has 0 aromatic heterocycles. The number of amides is 1. The fourth-order valence-corrected chi connectivity index (χ4v) is 3.01. The molecular weight excluding hydrogens is 399 g/mol. The number of Topliss-reactive ketones (excluding diaryl/α,β-unsaturated/α-hetero) is 1. The average Bonchev–Trinajstić information content (AvgIpc) is 2.74. The molecule has 0 N–H and O–H groups in total. The average molecular weight is 431 g/mol. The van der Waals surface area contributed by atoms with Crippen molar-refractivity contribution in [1.29, 1.82) is 0 Å². The van der Waals surface area contributed by atoms with Gasteiger partial charge in [0.15, 0.2) is 17.3 Å². The van der Waals surface area contributed by atoms with Crippen molar-refractivity contribution in [2.75, 3.05) is 40.9 Å². The topological polar surface area (TPSA) is 59.1 Å². The van der Waals surface area contributed by atoms with Gasteiger partial charge in [0, 0.05) is 37.2 Å². The number of halogens is 1. The Hall–Kier alpha value is -2.93. The summed E-state index contributed by atoms with van der Waals surface area (Å²) in [7, 11) is 5.38. The second-order valence-electron chi connectivity index (χ2n) is 7.58. The van der Waals surface area contributed by atoms with E-state index in [0.717, 1.165) is 0 Å². The second kappa shape index (κ2) is 12.1. The van der Waals surface area contributed by atoms with E-state index in [0.29, 0.717) is 48.7 Å². The summed E-state index contributed by atoms with van der Waals surface area (Å²) in [5.74, 6) is 0.590. The maximum atomic E-state index is 14.1. The van der Waals surface area contributed by atoms with Crippen molar-refractivity contribution in [3.8, 4) is 11.5 Å². The molecule has 0 radical (unpaired) electrons.